The zero-order chi connectivity index (χ0) is 9.90. The zero-order valence-corrected chi connectivity index (χ0v) is 7.82. The highest BCUT2D eigenvalue weighted by molar-refractivity contribution is 4.80. The molecule has 0 aromatic carbocycles. The van der Waals surface area contributed by atoms with E-state index in [4.69, 9.17) is 0 Å². The molecule has 1 aliphatic rings. The smallest absolute Gasteiger partial charge is 0.319 e. The Bertz CT molecular complexity index is 151. The predicted octanol–water partition coefficient (Wildman–Crippen LogP) is 2.57. The van der Waals surface area contributed by atoms with E-state index in [-0.39, 0.29) is 5.92 Å². The molecule has 1 saturated carbocycles. The Hall–Kier alpha value is -0.250. The summed E-state index contributed by atoms with van der Waals surface area (Å²) in [5, 5.41) is 2.84. The van der Waals surface area contributed by atoms with Gasteiger partial charge in [-0.25, -0.2) is 0 Å². The van der Waals surface area contributed by atoms with Crippen LogP contribution in [0.3, 0.4) is 0 Å². The lowest BCUT2D eigenvalue weighted by Gasteiger charge is -2.34. The van der Waals surface area contributed by atoms with Gasteiger partial charge in [-0.1, -0.05) is 19.3 Å². The van der Waals surface area contributed by atoms with Gasteiger partial charge in [-0.3, -0.25) is 0 Å². The molecule has 0 saturated heterocycles. The number of hydrogen-bond acceptors (Lipinski definition) is 1. The van der Waals surface area contributed by atoms with E-state index in [1.54, 1.807) is 7.05 Å². The van der Waals surface area contributed by atoms with Crippen molar-refractivity contribution in [1.29, 1.82) is 0 Å². The van der Waals surface area contributed by atoms with Crippen LogP contribution in [0.1, 0.15) is 25.7 Å². The Labute approximate surface area is 76.7 Å². The monoisotopic (exact) mass is 195 g/mol. The summed E-state index contributed by atoms with van der Waals surface area (Å²) < 4.78 is 36.4. The summed E-state index contributed by atoms with van der Waals surface area (Å²) in [5.41, 5.74) is 0. The van der Waals surface area contributed by atoms with Gasteiger partial charge in [-0.2, -0.15) is 13.2 Å². The lowest BCUT2D eigenvalue weighted by atomic mass is 9.74. The predicted molar refractivity (Wildman–Crippen MR) is 45.4 cm³/mol. The maximum absolute atomic E-state index is 12.1. The SMILES string of the molecule is CNCC(CC(F)(F)F)C1CCC1. The Morgan fingerprint density at radius 2 is 2.00 bits per heavy atom. The second-order valence-corrected chi connectivity index (χ2v) is 3.83. The maximum Gasteiger partial charge on any atom is 0.389 e. The van der Waals surface area contributed by atoms with Gasteiger partial charge in [0.25, 0.3) is 0 Å². The Balaban J connectivity index is 2.37. The molecule has 1 nitrogen and oxygen atoms in total. The second kappa shape index (κ2) is 4.31. The standard InChI is InChI=1S/C9H16F3N/c1-13-6-8(5-9(10,11)12)7-3-2-4-7/h7-8,13H,2-6H2,1H3. The number of alkyl halides is 3. The summed E-state index contributed by atoms with van der Waals surface area (Å²) in [5.74, 6) is 0.0906. The Kier molecular flexibility index (Phi) is 3.59. The first kappa shape index (κ1) is 10.8. The van der Waals surface area contributed by atoms with Crippen molar-refractivity contribution in [3.8, 4) is 0 Å². The molecule has 1 rings (SSSR count). The fraction of sp³-hybridized carbons (Fsp3) is 1.00. The van der Waals surface area contributed by atoms with Gasteiger partial charge in [-0.05, 0) is 25.4 Å². The summed E-state index contributed by atoms with van der Waals surface area (Å²) in [4.78, 5) is 0. The lowest BCUT2D eigenvalue weighted by Crippen LogP contribution is -2.33. The van der Waals surface area contributed by atoms with Gasteiger partial charge in [0, 0.05) is 6.42 Å². The highest BCUT2D eigenvalue weighted by Crippen LogP contribution is 2.38. The van der Waals surface area contributed by atoms with E-state index in [1.807, 2.05) is 0 Å². The summed E-state index contributed by atoms with van der Waals surface area (Å²) in [6, 6.07) is 0. The van der Waals surface area contributed by atoms with Crippen molar-refractivity contribution in [1.82, 2.24) is 5.32 Å². The number of halogens is 3. The Morgan fingerprint density at radius 3 is 2.31 bits per heavy atom. The van der Waals surface area contributed by atoms with E-state index < -0.39 is 12.6 Å². The van der Waals surface area contributed by atoms with Crippen LogP contribution in [0, 0.1) is 11.8 Å². The van der Waals surface area contributed by atoms with E-state index in [0.717, 1.165) is 19.3 Å². The van der Waals surface area contributed by atoms with Crippen LogP contribution in [0.2, 0.25) is 0 Å². The minimum absolute atomic E-state index is 0.209. The molecule has 4 heteroatoms. The molecule has 1 N–H and O–H groups in total. The van der Waals surface area contributed by atoms with Crippen molar-refractivity contribution in [2.24, 2.45) is 11.8 Å². The number of rotatable bonds is 4. The molecule has 0 radical (unpaired) electrons. The summed E-state index contributed by atoms with van der Waals surface area (Å²) >= 11 is 0. The first-order valence-corrected chi connectivity index (χ1v) is 4.74. The van der Waals surface area contributed by atoms with E-state index in [0.29, 0.717) is 12.5 Å². The van der Waals surface area contributed by atoms with Crippen LogP contribution < -0.4 is 5.32 Å². The van der Waals surface area contributed by atoms with Crippen LogP contribution in [-0.2, 0) is 0 Å². The van der Waals surface area contributed by atoms with Crippen LogP contribution in [0.4, 0.5) is 13.2 Å². The topological polar surface area (TPSA) is 12.0 Å². The largest absolute Gasteiger partial charge is 0.389 e. The van der Waals surface area contributed by atoms with Gasteiger partial charge in [0.1, 0.15) is 0 Å². The number of nitrogens with one attached hydrogen (secondary N) is 1. The molecule has 1 fully saturated rings. The molecule has 0 aliphatic heterocycles. The van der Waals surface area contributed by atoms with E-state index >= 15 is 0 Å². The fourth-order valence-corrected chi connectivity index (χ4v) is 1.88. The van der Waals surface area contributed by atoms with Gasteiger partial charge in [-0.15, -0.1) is 0 Å². The molecule has 78 valence electrons. The van der Waals surface area contributed by atoms with Crippen molar-refractivity contribution >= 4 is 0 Å². The van der Waals surface area contributed by atoms with Gasteiger partial charge in [0.15, 0.2) is 0 Å². The van der Waals surface area contributed by atoms with Gasteiger partial charge >= 0.3 is 6.18 Å². The molecule has 1 aliphatic carbocycles. The molecular weight excluding hydrogens is 179 g/mol. The fourth-order valence-electron chi connectivity index (χ4n) is 1.88. The average molecular weight is 195 g/mol. The third kappa shape index (κ3) is 3.55. The molecule has 1 atom stereocenters. The molecule has 0 aromatic rings. The van der Waals surface area contributed by atoms with Crippen LogP contribution >= 0.6 is 0 Å². The van der Waals surface area contributed by atoms with Crippen molar-refractivity contribution < 1.29 is 13.2 Å². The van der Waals surface area contributed by atoms with Crippen molar-refractivity contribution in [3.05, 3.63) is 0 Å². The highest BCUT2D eigenvalue weighted by atomic mass is 19.4. The van der Waals surface area contributed by atoms with Gasteiger partial charge < -0.3 is 5.32 Å². The van der Waals surface area contributed by atoms with Crippen molar-refractivity contribution in [3.63, 3.8) is 0 Å². The van der Waals surface area contributed by atoms with E-state index in [1.165, 1.54) is 0 Å². The Morgan fingerprint density at radius 1 is 1.38 bits per heavy atom. The molecule has 0 spiro atoms. The molecule has 0 amide bonds. The van der Waals surface area contributed by atoms with Crippen molar-refractivity contribution in [2.45, 2.75) is 31.9 Å². The first-order valence-electron chi connectivity index (χ1n) is 4.74. The van der Waals surface area contributed by atoms with E-state index in [2.05, 4.69) is 5.32 Å². The molecule has 0 bridgehead atoms. The highest BCUT2D eigenvalue weighted by Gasteiger charge is 2.37. The van der Waals surface area contributed by atoms with Crippen molar-refractivity contribution in [2.75, 3.05) is 13.6 Å². The molecule has 13 heavy (non-hydrogen) atoms. The van der Waals surface area contributed by atoms with Crippen LogP contribution in [0.15, 0.2) is 0 Å². The zero-order valence-electron chi connectivity index (χ0n) is 7.82. The average Bonchev–Trinajstić information content (AvgIpc) is 1.79. The van der Waals surface area contributed by atoms with Gasteiger partial charge in [0.05, 0.1) is 0 Å². The first-order chi connectivity index (χ1) is 6.03. The summed E-state index contributed by atoms with van der Waals surface area (Å²) in [6.07, 6.45) is -1.58. The molecule has 1 unspecified atom stereocenters. The molecule has 0 aromatic heterocycles. The second-order valence-electron chi connectivity index (χ2n) is 3.83. The molecule has 0 heterocycles. The third-order valence-corrected chi connectivity index (χ3v) is 2.78. The normalized spacial score (nSPS) is 21.2. The summed E-state index contributed by atoms with van der Waals surface area (Å²) in [6.45, 7) is 0.490. The van der Waals surface area contributed by atoms with Crippen LogP contribution in [-0.4, -0.2) is 19.8 Å². The summed E-state index contributed by atoms with van der Waals surface area (Å²) in [7, 11) is 1.71. The minimum atomic E-state index is -4.00. The lowest BCUT2D eigenvalue weighted by molar-refractivity contribution is -0.150. The molecular formula is C9H16F3N. The number of hydrogen-bond donors (Lipinski definition) is 1. The van der Waals surface area contributed by atoms with Gasteiger partial charge in [0.2, 0.25) is 0 Å². The quantitative estimate of drug-likeness (QED) is 0.727. The minimum Gasteiger partial charge on any atom is -0.319 e. The van der Waals surface area contributed by atoms with Crippen LogP contribution in [0.25, 0.3) is 0 Å². The van der Waals surface area contributed by atoms with Crippen LogP contribution in [0.5, 0.6) is 0 Å². The maximum atomic E-state index is 12.1. The third-order valence-electron chi connectivity index (χ3n) is 2.78. The van der Waals surface area contributed by atoms with E-state index in [9.17, 15) is 13.2 Å².